The van der Waals surface area contributed by atoms with Gasteiger partial charge in [-0.25, -0.2) is 0 Å². The minimum absolute atomic E-state index is 0.0426. The van der Waals surface area contributed by atoms with Crippen molar-refractivity contribution in [2.24, 2.45) is 5.92 Å². The van der Waals surface area contributed by atoms with Gasteiger partial charge in [-0.2, -0.15) is 13.2 Å². The number of Topliss-reactive ketones (excluding diaryl/α,β-unsaturated/α-hetero) is 1. The Kier molecular flexibility index (Phi) is 5.99. The molecule has 0 bridgehead atoms. The number of carbonyl (C=O) groups excluding carboxylic acids is 2. The predicted octanol–water partition coefficient (Wildman–Crippen LogP) is 3.16. The monoisotopic (exact) mass is 343 g/mol. The Bertz CT molecular complexity index is 601. The first-order valence-corrected chi connectivity index (χ1v) is 7.81. The van der Waals surface area contributed by atoms with Gasteiger partial charge in [0.25, 0.3) is 0 Å². The van der Waals surface area contributed by atoms with E-state index in [1.807, 2.05) is 0 Å². The number of ketones is 1. The molecule has 0 saturated carbocycles. The first-order chi connectivity index (χ1) is 11.3. The van der Waals surface area contributed by atoms with E-state index in [-0.39, 0.29) is 30.2 Å². The molecular weight excluding hydrogens is 323 g/mol. The SMILES string of the molecule is COCCC(=O)N1CCC[C@@H](C(=O)c2cccc(C(F)(F)F)c2)C1. The van der Waals surface area contributed by atoms with Crippen molar-refractivity contribution in [2.45, 2.75) is 25.4 Å². The molecule has 0 spiro atoms. The third-order valence-corrected chi connectivity index (χ3v) is 4.14. The van der Waals surface area contributed by atoms with Gasteiger partial charge in [-0.15, -0.1) is 0 Å². The largest absolute Gasteiger partial charge is 0.416 e. The summed E-state index contributed by atoms with van der Waals surface area (Å²) in [6.45, 7) is 1.12. The van der Waals surface area contributed by atoms with Crippen LogP contribution in [0, 0.1) is 5.92 Å². The van der Waals surface area contributed by atoms with E-state index < -0.39 is 17.7 Å². The summed E-state index contributed by atoms with van der Waals surface area (Å²) in [5.74, 6) is -0.905. The molecule has 1 saturated heterocycles. The topological polar surface area (TPSA) is 46.6 Å². The van der Waals surface area contributed by atoms with Crippen molar-refractivity contribution >= 4 is 11.7 Å². The van der Waals surface area contributed by atoms with Crippen molar-refractivity contribution in [3.63, 3.8) is 0 Å². The van der Waals surface area contributed by atoms with Gasteiger partial charge in [-0.05, 0) is 25.0 Å². The zero-order chi connectivity index (χ0) is 17.7. The molecule has 0 aliphatic carbocycles. The summed E-state index contributed by atoms with van der Waals surface area (Å²) in [7, 11) is 1.50. The smallest absolute Gasteiger partial charge is 0.384 e. The highest BCUT2D eigenvalue weighted by atomic mass is 19.4. The van der Waals surface area contributed by atoms with Crippen LogP contribution in [0.25, 0.3) is 0 Å². The van der Waals surface area contributed by atoms with Gasteiger partial charge in [-0.1, -0.05) is 12.1 Å². The van der Waals surface area contributed by atoms with Crippen molar-refractivity contribution in [1.29, 1.82) is 0 Å². The second-order valence-corrected chi connectivity index (χ2v) is 5.86. The highest BCUT2D eigenvalue weighted by Gasteiger charge is 2.33. The summed E-state index contributed by atoms with van der Waals surface area (Å²) >= 11 is 0. The first-order valence-electron chi connectivity index (χ1n) is 7.81. The molecule has 24 heavy (non-hydrogen) atoms. The molecule has 1 atom stereocenters. The Morgan fingerprint density at radius 2 is 2.08 bits per heavy atom. The summed E-state index contributed by atoms with van der Waals surface area (Å²) in [4.78, 5) is 26.2. The van der Waals surface area contributed by atoms with Gasteiger partial charge in [0.05, 0.1) is 18.6 Å². The minimum Gasteiger partial charge on any atom is -0.384 e. The van der Waals surface area contributed by atoms with Gasteiger partial charge in [-0.3, -0.25) is 9.59 Å². The molecule has 1 amide bonds. The number of piperidine rings is 1. The second-order valence-electron chi connectivity index (χ2n) is 5.86. The summed E-state index contributed by atoms with van der Waals surface area (Å²) in [6.07, 6.45) is -3.01. The van der Waals surface area contributed by atoms with E-state index in [0.29, 0.717) is 26.0 Å². The number of hydrogen-bond acceptors (Lipinski definition) is 3. The maximum atomic E-state index is 12.8. The number of alkyl halides is 3. The molecule has 1 aromatic rings. The van der Waals surface area contributed by atoms with E-state index in [2.05, 4.69) is 0 Å². The van der Waals surface area contributed by atoms with E-state index in [9.17, 15) is 22.8 Å². The third-order valence-electron chi connectivity index (χ3n) is 4.14. The van der Waals surface area contributed by atoms with Crippen LogP contribution in [-0.4, -0.2) is 43.4 Å². The molecule has 1 fully saturated rings. The summed E-state index contributed by atoms with van der Waals surface area (Å²) in [6, 6.07) is 4.45. The number of ether oxygens (including phenoxy) is 1. The molecule has 1 aliphatic rings. The van der Waals surface area contributed by atoms with Crippen molar-refractivity contribution < 1.29 is 27.5 Å². The Balaban J connectivity index is 2.08. The number of halogens is 3. The fraction of sp³-hybridized carbons (Fsp3) is 0.529. The molecular formula is C17H20F3NO3. The molecule has 132 valence electrons. The van der Waals surface area contributed by atoms with E-state index in [1.54, 1.807) is 4.90 Å². The molecule has 0 radical (unpaired) electrons. The third kappa shape index (κ3) is 4.56. The molecule has 1 aromatic carbocycles. The summed E-state index contributed by atoms with van der Waals surface area (Å²) in [5.41, 5.74) is -0.793. The van der Waals surface area contributed by atoms with Crippen LogP contribution in [0.3, 0.4) is 0 Å². The van der Waals surface area contributed by atoms with Crippen LogP contribution in [0.15, 0.2) is 24.3 Å². The molecule has 7 heteroatoms. The van der Waals surface area contributed by atoms with Crippen molar-refractivity contribution in [3.05, 3.63) is 35.4 Å². The summed E-state index contributed by atoms with van der Waals surface area (Å²) in [5, 5.41) is 0. The van der Waals surface area contributed by atoms with E-state index in [4.69, 9.17) is 4.74 Å². The molecule has 1 heterocycles. The van der Waals surface area contributed by atoms with Crippen molar-refractivity contribution in [2.75, 3.05) is 26.8 Å². The highest BCUT2D eigenvalue weighted by molar-refractivity contribution is 5.98. The lowest BCUT2D eigenvalue weighted by Gasteiger charge is -2.32. The molecule has 0 aromatic heterocycles. The molecule has 2 rings (SSSR count). The number of benzene rings is 1. The van der Waals surface area contributed by atoms with Gasteiger partial charge in [0.1, 0.15) is 0 Å². The van der Waals surface area contributed by atoms with Crippen molar-refractivity contribution in [3.8, 4) is 0 Å². The van der Waals surface area contributed by atoms with Crippen LogP contribution in [-0.2, 0) is 15.7 Å². The lowest BCUT2D eigenvalue weighted by Crippen LogP contribution is -2.42. The van der Waals surface area contributed by atoms with Gasteiger partial charge in [0.2, 0.25) is 5.91 Å². The Hall–Kier alpha value is -1.89. The van der Waals surface area contributed by atoms with E-state index in [1.165, 1.54) is 19.2 Å². The highest BCUT2D eigenvalue weighted by Crippen LogP contribution is 2.30. The number of methoxy groups -OCH3 is 1. The lowest BCUT2D eigenvalue weighted by molar-refractivity contribution is -0.137. The molecule has 1 aliphatic heterocycles. The Morgan fingerprint density at radius 1 is 1.33 bits per heavy atom. The zero-order valence-electron chi connectivity index (χ0n) is 13.4. The van der Waals surface area contributed by atoms with E-state index >= 15 is 0 Å². The normalized spacial score (nSPS) is 18.5. The van der Waals surface area contributed by atoms with Crippen LogP contribution in [0.5, 0.6) is 0 Å². The van der Waals surface area contributed by atoms with Crippen LogP contribution in [0.2, 0.25) is 0 Å². The Morgan fingerprint density at radius 3 is 2.75 bits per heavy atom. The quantitative estimate of drug-likeness (QED) is 0.772. The second kappa shape index (κ2) is 7.79. The zero-order valence-corrected chi connectivity index (χ0v) is 13.4. The van der Waals surface area contributed by atoms with Crippen LogP contribution in [0.4, 0.5) is 13.2 Å². The summed E-state index contributed by atoms with van der Waals surface area (Å²) < 4.78 is 43.2. The number of rotatable bonds is 5. The maximum absolute atomic E-state index is 12.8. The number of amides is 1. The number of likely N-dealkylation sites (tertiary alicyclic amines) is 1. The van der Waals surface area contributed by atoms with Gasteiger partial charge >= 0.3 is 6.18 Å². The standard InChI is InChI=1S/C17H20F3NO3/c1-24-9-7-15(22)21-8-3-5-13(11-21)16(23)12-4-2-6-14(10-12)17(18,19)20/h2,4,6,10,13H,3,5,7-9,11H2,1H3/t13-/m1/s1. The predicted molar refractivity (Wildman–Crippen MR) is 81.6 cm³/mol. The van der Waals surface area contributed by atoms with Crippen LogP contribution < -0.4 is 0 Å². The molecule has 0 unspecified atom stereocenters. The number of nitrogens with zero attached hydrogens (tertiary/aromatic N) is 1. The number of carbonyl (C=O) groups is 2. The molecule has 0 N–H and O–H groups in total. The van der Waals surface area contributed by atoms with Crippen molar-refractivity contribution in [1.82, 2.24) is 4.90 Å². The average molecular weight is 343 g/mol. The molecule has 4 nitrogen and oxygen atoms in total. The first kappa shape index (κ1) is 18.4. The van der Waals surface area contributed by atoms with Crippen LogP contribution >= 0.6 is 0 Å². The average Bonchev–Trinajstić information content (AvgIpc) is 2.58. The number of hydrogen-bond donors (Lipinski definition) is 0. The fourth-order valence-electron chi connectivity index (χ4n) is 2.85. The Labute approximate surface area is 138 Å². The fourth-order valence-corrected chi connectivity index (χ4v) is 2.85. The van der Waals surface area contributed by atoms with Gasteiger partial charge < -0.3 is 9.64 Å². The van der Waals surface area contributed by atoms with Crippen LogP contribution in [0.1, 0.15) is 35.2 Å². The minimum atomic E-state index is -4.48. The maximum Gasteiger partial charge on any atom is 0.416 e. The van der Waals surface area contributed by atoms with E-state index in [0.717, 1.165) is 12.1 Å². The van der Waals surface area contributed by atoms with Gasteiger partial charge in [0.15, 0.2) is 5.78 Å². The lowest BCUT2D eigenvalue weighted by atomic mass is 9.89. The van der Waals surface area contributed by atoms with Gasteiger partial charge in [0, 0.05) is 31.7 Å².